The van der Waals surface area contributed by atoms with Crippen LogP contribution in [0.5, 0.6) is 0 Å². The molecule has 2 atom stereocenters. The second kappa shape index (κ2) is 6.18. The molecule has 0 aliphatic heterocycles. The molecule has 2 N–H and O–H groups in total. The van der Waals surface area contributed by atoms with E-state index in [1.807, 2.05) is 0 Å². The molecule has 1 aliphatic carbocycles. The van der Waals surface area contributed by atoms with E-state index in [2.05, 4.69) is 59.1 Å². The van der Waals surface area contributed by atoms with Gasteiger partial charge in [-0.25, -0.2) is 0 Å². The van der Waals surface area contributed by atoms with Crippen LogP contribution in [0.25, 0.3) is 0 Å². The summed E-state index contributed by atoms with van der Waals surface area (Å²) in [5, 5.41) is 0. The van der Waals surface area contributed by atoms with Crippen LogP contribution in [-0.4, -0.2) is 24.5 Å². The van der Waals surface area contributed by atoms with E-state index in [4.69, 9.17) is 5.73 Å². The SMILES string of the molecule is CC(N)C(c1cccc(Br)c1)N(C)CC1CCC1. The minimum Gasteiger partial charge on any atom is -0.326 e. The molecule has 2 rings (SSSR count). The van der Waals surface area contributed by atoms with Crippen molar-refractivity contribution in [2.75, 3.05) is 13.6 Å². The number of nitrogens with two attached hydrogens (primary N) is 1. The molecule has 1 saturated carbocycles. The molecule has 100 valence electrons. The Morgan fingerprint density at radius 3 is 2.67 bits per heavy atom. The van der Waals surface area contributed by atoms with Crippen LogP contribution in [0.3, 0.4) is 0 Å². The molecule has 0 heterocycles. The average Bonchev–Trinajstić information content (AvgIpc) is 2.23. The molecule has 1 aliphatic rings. The number of hydrogen-bond acceptors (Lipinski definition) is 2. The molecule has 0 spiro atoms. The fourth-order valence-corrected chi connectivity index (χ4v) is 3.26. The van der Waals surface area contributed by atoms with Crippen molar-refractivity contribution in [3.05, 3.63) is 34.3 Å². The Morgan fingerprint density at radius 2 is 2.17 bits per heavy atom. The van der Waals surface area contributed by atoms with Crippen molar-refractivity contribution in [2.45, 2.75) is 38.3 Å². The molecule has 0 aromatic heterocycles. The van der Waals surface area contributed by atoms with Crippen LogP contribution >= 0.6 is 15.9 Å². The molecule has 3 heteroatoms. The Balaban J connectivity index is 2.11. The first-order valence-corrected chi connectivity index (χ1v) is 7.58. The maximum Gasteiger partial charge on any atom is 0.0494 e. The van der Waals surface area contributed by atoms with Crippen LogP contribution in [0, 0.1) is 5.92 Å². The second-order valence-corrected chi connectivity index (χ2v) is 6.51. The highest BCUT2D eigenvalue weighted by atomic mass is 79.9. The van der Waals surface area contributed by atoms with Gasteiger partial charge in [0.25, 0.3) is 0 Å². The van der Waals surface area contributed by atoms with Crippen molar-refractivity contribution in [1.82, 2.24) is 4.90 Å². The zero-order valence-electron chi connectivity index (χ0n) is 11.3. The summed E-state index contributed by atoms with van der Waals surface area (Å²) < 4.78 is 1.13. The molecular formula is C15H23BrN2. The van der Waals surface area contributed by atoms with Gasteiger partial charge in [0.2, 0.25) is 0 Å². The monoisotopic (exact) mass is 310 g/mol. The quantitative estimate of drug-likeness (QED) is 0.901. The van der Waals surface area contributed by atoms with Gasteiger partial charge in [-0.3, -0.25) is 4.90 Å². The van der Waals surface area contributed by atoms with Gasteiger partial charge in [0.1, 0.15) is 0 Å². The fourth-order valence-electron chi connectivity index (χ4n) is 2.85. The molecular weight excluding hydrogens is 288 g/mol. The van der Waals surface area contributed by atoms with Crippen LogP contribution < -0.4 is 5.73 Å². The van der Waals surface area contributed by atoms with Gasteiger partial charge in [-0.2, -0.15) is 0 Å². The summed E-state index contributed by atoms with van der Waals surface area (Å²) in [6.45, 7) is 3.27. The van der Waals surface area contributed by atoms with Crippen LogP contribution in [0.15, 0.2) is 28.7 Å². The van der Waals surface area contributed by atoms with Crippen molar-refractivity contribution in [2.24, 2.45) is 11.7 Å². The van der Waals surface area contributed by atoms with Crippen LogP contribution in [0.1, 0.15) is 37.8 Å². The van der Waals surface area contributed by atoms with Crippen molar-refractivity contribution in [3.63, 3.8) is 0 Å². The van der Waals surface area contributed by atoms with Crippen molar-refractivity contribution >= 4 is 15.9 Å². The zero-order chi connectivity index (χ0) is 13.1. The summed E-state index contributed by atoms with van der Waals surface area (Å²) >= 11 is 3.55. The smallest absolute Gasteiger partial charge is 0.0494 e. The Hall–Kier alpha value is -0.380. The van der Waals surface area contributed by atoms with E-state index in [0.717, 1.165) is 10.4 Å². The summed E-state index contributed by atoms with van der Waals surface area (Å²) in [4.78, 5) is 2.43. The number of hydrogen-bond donors (Lipinski definition) is 1. The average molecular weight is 311 g/mol. The number of likely N-dealkylation sites (N-methyl/N-ethyl adjacent to an activating group) is 1. The van der Waals surface area contributed by atoms with Crippen LogP contribution in [-0.2, 0) is 0 Å². The highest BCUT2D eigenvalue weighted by Gasteiger charge is 2.26. The predicted octanol–water partition coefficient (Wildman–Crippen LogP) is 3.57. The second-order valence-electron chi connectivity index (χ2n) is 5.60. The molecule has 1 aromatic rings. The van der Waals surface area contributed by atoms with Crippen LogP contribution in [0.2, 0.25) is 0 Å². The van der Waals surface area contributed by atoms with Gasteiger partial charge in [0, 0.05) is 23.1 Å². The lowest BCUT2D eigenvalue weighted by molar-refractivity contribution is 0.149. The minimum absolute atomic E-state index is 0.143. The fraction of sp³-hybridized carbons (Fsp3) is 0.600. The first kappa shape index (κ1) is 14.0. The largest absolute Gasteiger partial charge is 0.326 e. The standard InChI is InChI=1S/C15H23BrN2/c1-11(17)15(13-7-4-8-14(16)9-13)18(2)10-12-5-3-6-12/h4,7-9,11-12,15H,3,5-6,10,17H2,1-2H3. The molecule has 1 fully saturated rings. The topological polar surface area (TPSA) is 29.3 Å². The van der Waals surface area contributed by atoms with Crippen molar-refractivity contribution in [1.29, 1.82) is 0 Å². The lowest BCUT2D eigenvalue weighted by atomic mass is 9.84. The number of halogens is 1. The van der Waals surface area contributed by atoms with E-state index in [1.54, 1.807) is 0 Å². The minimum atomic E-state index is 0.143. The van der Waals surface area contributed by atoms with Gasteiger partial charge in [-0.15, -0.1) is 0 Å². The maximum atomic E-state index is 6.20. The lowest BCUT2D eigenvalue weighted by Crippen LogP contribution is -2.40. The van der Waals surface area contributed by atoms with Gasteiger partial charge >= 0.3 is 0 Å². The first-order chi connectivity index (χ1) is 8.58. The van der Waals surface area contributed by atoms with Crippen molar-refractivity contribution < 1.29 is 0 Å². The normalized spacial score (nSPS) is 19.6. The van der Waals surface area contributed by atoms with Gasteiger partial charge in [-0.05, 0) is 50.4 Å². The summed E-state index contributed by atoms with van der Waals surface area (Å²) in [6, 6.07) is 8.97. The molecule has 0 amide bonds. The van der Waals surface area contributed by atoms with E-state index in [0.29, 0.717) is 6.04 Å². The summed E-state index contributed by atoms with van der Waals surface area (Å²) in [7, 11) is 2.20. The summed E-state index contributed by atoms with van der Waals surface area (Å²) in [5.41, 5.74) is 7.50. The Kier molecular flexibility index (Phi) is 4.82. The van der Waals surface area contributed by atoms with Crippen molar-refractivity contribution in [3.8, 4) is 0 Å². The van der Waals surface area contributed by atoms with E-state index in [-0.39, 0.29) is 6.04 Å². The zero-order valence-corrected chi connectivity index (χ0v) is 12.9. The van der Waals surface area contributed by atoms with Gasteiger partial charge in [-0.1, -0.05) is 34.5 Å². The molecule has 0 radical (unpaired) electrons. The number of benzene rings is 1. The van der Waals surface area contributed by atoms with E-state index < -0.39 is 0 Å². The molecule has 2 unspecified atom stereocenters. The molecule has 0 bridgehead atoms. The van der Waals surface area contributed by atoms with E-state index in [1.165, 1.54) is 31.4 Å². The Labute approximate surface area is 119 Å². The third kappa shape index (κ3) is 3.34. The Morgan fingerprint density at radius 1 is 1.44 bits per heavy atom. The van der Waals surface area contributed by atoms with E-state index >= 15 is 0 Å². The number of nitrogens with zero attached hydrogens (tertiary/aromatic N) is 1. The third-order valence-corrected chi connectivity index (χ3v) is 4.43. The van der Waals surface area contributed by atoms with Crippen LogP contribution in [0.4, 0.5) is 0 Å². The lowest BCUT2D eigenvalue weighted by Gasteiger charge is -2.37. The molecule has 1 aromatic carbocycles. The van der Waals surface area contributed by atoms with E-state index in [9.17, 15) is 0 Å². The Bertz CT molecular complexity index is 388. The first-order valence-electron chi connectivity index (χ1n) is 6.79. The van der Waals surface area contributed by atoms with Gasteiger partial charge in [0.15, 0.2) is 0 Å². The third-order valence-electron chi connectivity index (χ3n) is 3.93. The summed E-state index contributed by atoms with van der Waals surface area (Å²) in [5.74, 6) is 0.878. The molecule has 2 nitrogen and oxygen atoms in total. The highest BCUT2D eigenvalue weighted by molar-refractivity contribution is 9.10. The van der Waals surface area contributed by atoms with Gasteiger partial charge in [0.05, 0.1) is 0 Å². The number of rotatable bonds is 5. The highest BCUT2D eigenvalue weighted by Crippen LogP contribution is 2.31. The maximum absolute atomic E-state index is 6.20. The van der Waals surface area contributed by atoms with Gasteiger partial charge < -0.3 is 5.73 Å². The molecule has 18 heavy (non-hydrogen) atoms. The molecule has 0 saturated heterocycles. The summed E-state index contributed by atoms with van der Waals surface area (Å²) in [6.07, 6.45) is 4.17. The predicted molar refractivity (Wildman–Crippen MR) is 80.5 cm³/mol.